The zero-order chi connectivity index (χ0) is 16.8. The molecule has 1 unspecified atom stereocenters. The van der Waals surface area contributed by atoms with Gasteiger partial charge >= 0.3 is 6.03 Å². The number of nitrogens with one attached hydrogen (secondary N) is 3. The minimum Gasteiger partial charge on any atom is -0.329 e. The van der Waals surface area contributed by atoms with Crippen molar-refractivity contribution in [2.24, 2.45) is 0 Å². The molecule has 7 heteroatoms. The number of nitrogens with zero attached hydrogens (tertiary/aromatic N) is 1. The first-order valence-corrected chi connectivity index (χ1v) is 8.25. The van der Waals surface area contributed by atoms with Crippen LogP contribution in [0.4, 0.5) is 16.2 Å². The van der Waals surface area contributed by atoms with Gasteiger partial charge in [0.2, 0.25) is 5.91 Å². The highest BCUT2D eigenvalue weighted by Crippen LogP contribution is 2.18. The number of aromatic nitrogens is 1. The smallest absolute Gasteiger partial charge is 0.319 e. The minimum absolute atomic E-state index is 0.0454. The van der Waals surface area contributed by atoms with Gasteiger partial charge in [-0.15, -0.1) is 11.3 Å². The summed E-state index contributed by atoms with van der Waals surface area (Å²) >= 11 is 1.52. The van der Waals surface area contributed by atoms with E-state index in [0.29, 0.717) is 17.8 Å². The summed E-state index contributed by atoms with van der Waals surface area (Å²) in [5, 5.41) is 11.2. The molecule has 3 N–H and O–H groups in total. The minimum atomic E-state index is -0.296. The molecule has 1 aromatic carbocycles. The van der Waals surface area contributed by atoms with Gasteiger partial charge in [0.25, 0.3) is 0 Å². The van der Waals surface area contributed by atoms with Gasteiger partial charge in [0.05, 0.1) is 6.04 Å². The van der Waals surface area contributed by atoms with E-state index in [0.717, 1.165) is 10.7 Å². The van der Waals surface area contributed by atoms with Gasteiger partial charge in [0, 0.05) is 28.9 Å². The van der Waals surface area contributed by atoms with Gasteiger partial charge in [-0.25, -0.2) is 9.78 Å². The van der Waals surface area contributed by atoms with Gasteiger partial charge in [0.15, 0.2) is 0 Å². The van der Waals surface area contributed by atoms with Crippen molar-refractivity contribution in [3.8, 4) is 0 Å². The summed E-state index contributed by atoms with van der Waals surface area (Å²) in [6.45, 7) is 5.60. The average Bonchev–Trinajstić information content (AvgIpc) is 2.95. The van der Waals surface area contributed by atoms with E-state index in [1.165, 1.54) is 11.3 Å². The highest BCUT2D eigenvalue weighted by molar-refractivity contribution is 7.09. The Labute approximate surface area is 139 Å². The normalized spacial score (nSPS) is 11.6. The highest BCUT2D eigenvalue weighted by atomic mass is 32.1. The van der Waals surface area contributed by atoms with Gasteiger partial charge in [-0.05, 0) is 38.1 Å². The van der Waals surface area contributed by atoms with E-state index in [1.54, 1.807) is 31.2 Å². The van der Waals surface area contributed by atoms with Crippen molar-refractivity contribution < 1.29 is 9.59 Å². The largest absolute Gasteiger partial charge is 0.329 e. The summed E-state index contributed by atoms with van der Waals surface area (Å²) in [5.74, 6) is -0.0454. The van der Waals surface area contributed by atoms with Gasteiger partial charge in [-0.3, -0.25) is 4.79 Å². The second-order valence-corrected chi connectivity index (χ2v) is 6.02. The second-order valence-electron chi connectivity index (χ2n) is 5.13. The fourth-order valence-corrected chi connectivity index (χ4v) is 2.69. The number of aryl methyl sites for hydroxylation is 1. The molecule has 0 aliphatic heterocycles. The Morgan fingerprint density at radius 2 is 1.78 bits per heavy atom. The molecule has 0 aliphatic carbocycles. The van der Waals surface area contributed by atoms with Crippen LogP contribution >= 0.6 is 11.3 Å². The van der Waals surface area contributed by atoms with E-state index in [2.05, 4.69) is 20.9 Å². The highest BCUT2D eigenvalue weighted by Gasteiger charge is 2.12. The van der Waals surface area contributed by atoms with E-state index in [9.17, 15) is 9.59 Å². The summed E-state index contributed by atoms with van der Waals surface area (Å²) in [6, 6.07) is 6.52. The maximum absolute atomic E-state index is 12.0. The molecule has 0 saturated carbocycles. The average molecular weight is 332 g/mol. The van der Waals surface area contributed by atoms with Crippen LogP contribution in [-0.2, 0) is 4.79 Å². The predicted octanol–water partition coefficient (Wildman–Crippen LogP) is 3.68. The lowest BCUT2D eigenvalue weighted by atomic mass is 10.2. The first-order chi connectivity index (χ1) is 11.0. The Morgan fingerprint density at radius 1 is 1.17 bits per heavy atom. The molecule has 0 spiro atoms. The standard InChI is InChI=1S/C16H20N4O2S/c1-4-14(21)19-12-5-7-13(8-6-12)20-16(22)18-11(3)15-17-10(2)9-23-15/h5-9,11H,4H2,1-3H3,(H,19,21)(H2,18,20,22). The third-order valence-electron chi connectivity index (χ3n) is 3.10. The van der Waals surface area contributed by atoms with Crippen LogP contribution in [-0.4, -0.2) is 16.9 Å². The Balaban J connectivity index is 1.88. The van der Waals surface area contributed by atoms with Crippen molar-refractivity contribution in [3.63, 3.8) is 0 Å². The fraction of sp³-hybridized carbons (Fsp3) is 0.312. The molecule has 122 valence electrons. The van der Waals surface area contributed by atoms with Gasteiger partial charge in [-0.1, -0.05) is 6.92 Å². The number of hydrogen-bond donors (Lipinski definition) is 3. The molecule has 1 aromatic heterocycles. The summed E-state index contributed by atoms with van der Waals surface area (Å²) in [7, 11) is 0. The number of amides is 3. The third kappa shape index (κ3) is 5.07. The summed E-state index contributed by atoms with van der Waals surface area (Å²) in [6.07, 6.45) is 0.427. The molecular formula is C16H20N4O2S. The molecule has 0 fully saturated rings. The second kappa shape index (κ2) is 7.73. The molecule has 0 aliphatic rings. The van der Waals surface area contributed by atoms with E-state index in [1.807, 2.05) is 19.2 Å². The van der Waals surface area contributed by atoms with Crippen LogP contribution < -0.4 is 16.0 Å². The number of carbonyl (C=O) groups excluding carboxylic acids is 2. The number of rotatable bonds is 5. The zero-order valence-corrected chi connectivity index (χ0v) is 14.2. The topological polar surface area (TPSA) is 83.1 Å². The number of hydrogen-bond acceptors (Lipinski definition) is 4. The summed E-state index contributed by atoms with van der Waals surface area (Å²) in [5.41, 5.74) is 2.30. The zero-order valence-electron chi connectivity index (χ0n) is 13.3. The molecule has 1 atom stereocenters. The molecule has 6 nitrogen and oxygen atoms in total. The monoisotopic (exact) mass is 332 g/mol. The van der Waals surface area contributed by atoms with E-state index in [4.69, 9.17) is 0 Å². The maximum atomic E-state index is 12.0. The fourth-order valence-electron chi connectivity index (χ4n) is 1.88. The summed E-state index contributed by atoms with van der Waals surface area (Å²) < 4.78 is 0. The van der Waals surface area contributed by atoms with Gasteiger partial charge in [0.1, 0.15) is 5.01 Å². The van der Waals surface area contributed by atoms with Crippen molar-refractivity contribution in [2.45, 2.75) is 33.2 Å². The third-order valence-corrected chi connectivity index (χ3v) is 4.25. The number of urea groups is 1. The molecule has 23 heavy (non-hydrogen) atoms. The number of benzene rings is 1. The molecule has 2 rings (SSSR count). The lowest BCUT2D eigenvalue weighted by molar-refractivity contribution is -0.115. The molecule has 1 heterocycles. The first-order valence-electron chi connectivity index (χ1n) is 7.37. The van der Waals surface area contributed by atoms with Crippen LogP contribution in [0.2, 0.25) is 0 Å². The Morgan fingerprint density at radius 3 is 2.30 bits per heavy atom. The molecule has 0 saturated heterocycles. The lowest BCUT2D eigenvalue weighted by Gasteiger charge is -2.13. The quantitative estimate of drug-likeness (QED) is 0.781. The van der Waals surface area contributed by atoms with Gasteiger partial charge < -0.3 is 16.0 Å². The predicted molar refractivity (Wildman–Crippen MR) is 92.8 cm³/mol. The molecule has 0 radical (unpaired) electrons. The first kappa shape index (κ1) is 17.0. The molecule has 0 bridgehead atoms. The molecule has 2 aromatic rings. The van der Waals surface area contributed by atoms with Crippen LogP contribution in [0.15, 0.2) is 29.6 Å². The van der Waals surface area contributed by atoms with Crippen molar-refractivity contribution in [1.29, 1.82) is 0 Å². The Kier molecular flexibility index (Phi) is 5.70. The van der Waals surface area contributed by atoms with Crippen LogP contribution in [0.3, 0.4) is 0 Å². The Bertz CT molecular complexity index is 682. The van der Waals surface area contributed by atoms with Crippen LogP contribution in [0.25, 0.3) is 0 Å². The van der Waals surface area contributed by atoms with Gasteiger partial charge in [-0.2, -0.15) is 0 Å². The SMILES string of the molecule is CCC(=O)Nc1ccc(NC(=O)NC(C)c2nc(C)cs2)cc1. The van der Waals surface area contributed by atoms with Crippen molar-refractivity contribution in [3.05, 3.63) is 40.3 Å². The van der Waals surface area contributed by atoms with E-state index >= 15 is 0 Å². The van der Waals surface area contributed by atoms with E-state index in [-0.39, 0.29) is 18.0 Å². The lowest BCUT2D eigenvalue weighted by Crippen LogP contribution is -2.31. The molecular weight excluding hydrogens is 312 g/mol. The number of carbonyl (C=O) groups is 2. The Hall–Kier alpha value is -2.41. The van der Waals surface area contributed by atoms with Crippen molar-refractivity contribution >= 4 is 34.6 Å². The van der Waals surface area contributed by atoms with Crippen LogP contribution in [0.5, 0.6) is 0 Å². The van der Waals surface area contributed by atoms with Crippen LogP contribution in [0, 0.1) is 6.92 Å². The number of thiazole rings is 1. The maximum Gasteiger partial charge on any atom is 0.319 e. The van der Waals surface area contributed by atoms with Crippen LogP contribution in [0.1, 0.15) is 37.0 Å². The van der Waals surface area contributed by atoms with Crippen molar-refractivity contribution in [1.82, 2.24) is 10.3 Å². The summed E-state index contributed by atoms with van der Waals surface area (Å²) in [4.78, 5) is 27.7. The van der Waals surface area contributed by atoms with E-state index < -0.39 is 0 Å². The number of anilines is 2. The van der Waals surface area contributed by atoms with Crippen molar-refractivity contribution in [2.75, 3.05) is 10.6 Å². The molecule has 3 amide bonds.